The van der Waals surface area contributed by atoms with Gasteiger partial charge in [-0.1, -0.05) is 290 Å². The van der Waals surface area contributed by atoms with Gasteiger partial charge in [-0.25, -0.2) is 0 Å². The Kier molecular flexibility index (Phi) is 70.2. The Balaban J connectivity index is -0.000000396. The average Bonchev–Trinajstić information content (AvgIpc) is 3.22. The summed E-state index contributed by atoms with van der Waals surface area (Å²) in [6, 6.07) is 0. The zero-order chi connectivity index (χ0) is 44.7. The first-order chi connectivity index (χ1) is 29.3. The molecule has 0 saturated heterocycles. The van der Waals surface area contributed by atoms with E-state index in [2.05, 4.69) is 20.8 Å². The van der Waals surface area contributed by atoms with Crippen LogP contribution in [0.15, 0.2) is 0 Å². The molecule has 0 aromatic carbocycles. The van der Waals surface area contributed by atoms with Gasteiger partial charge in [0.25, 0.3) is 0 Å². The minimum Gasteiger partial charge on any atom is -0.481 e. The van der Waals surface area contributed by atoms with Gasteiger partial charge < -0.3 is 15.3 Å². The minimum atomic E-state index is -0.653. The molecule has 0 aliphatic heterocycles. The molecule has 0 saturated carbocycles. The van der Waals surface area contributed by atoms with Gasteiger partial charge in [-0.15, -0.1) is 0 Å². The van der Waals surface area contributed by atoms with Crippen molar-refractivity contribution in [3.63, 3.8) is 0 Å². The van der Waals surface area contributed by atoms with Gasteiger partial charge in [0.1, 0.15) is 0 Å². The van der Waals surface area contributed by atoms with Gasteiger partial charge in [0.15, 0.2) is 0 Å². The molecule has 0 spiro atoms. The topological polar surface area (TPSA) is 112 Å². The Morgan fingerprint density at radius 2 is 0.311 bits per heavy atom. The second-order valence-corrected chi connectivity index (χ2v) is 18.3. The SMILES string of the molecule is CCCCCCCCCCCCCCCCCC(=O)O.CCCCCCCCCCCCCCCCCC(=O)O.CCCCCCCCCCCCCCCCCC(=O)O.[Y]. The van der Waals surface area contributed by atoms with Crippen molar-refractivity contribution in [2.45, 2.75) is 329 Å². The van der Waals surface area contributed by atoms with E-state index in [1.807, 2.05) is 0 Å². The van der Waals surface area contributed by atoms with Gasteiger partial charge in [0.05, 0.1) is 0 Å². The number of aliphatic carboxylic acids is 3. The van der Waals surface area contributed by atoms with Crippen LogP contribution < -0.4 is 0 Å². The van der Waals surface area contributed by atoms with E-state index in [1.54, 1.807) is 0 Å². The molecule has 0 bridgehead atoms. The Hall–Kier alpha value is -0.486. The maximum Gasteiger partial charge on any atom is 0.303 e. The zero-order valence-electron chi connectivity index (χ0n) is 41.6. The summed E-state index contributed by atoms with van der Waals surface area (Å²) in [5.74, 6) is -1.96. The summed E-state index contributed by atoms with van der Waals surface area (Å²) in [5, 5.41) is 25.6. The van der Waals surface area contributed by atoms with E-state index in [4.69, 9.17) is 15.3 Å². The van der Waals surface area contributed by atoms with Crippen LogP contribution in [-0.4, -0.2) is 33.2 Å². The Labute approximate surface area is 406 Å². The fourth-order valence-corrected chi connectivity index (χ4v) is 7.94. The number of hydrogen-bond acceptors (Lipinski definition) is 3. The second kappa shape index (κ2) is 63.8. The van der Waals surface area contributed by atoms with E-state index in [0.29, 0.717) is 19.3 Å². The van der Waals surface area contributed by atoms with Crippen molar-refractivity contribution < 1.29 is 62.4 Å². The largest absolute Gasteiger partial charge is 0.481 e. The van der Waals surface area contributed by atoms with E-state index in [0.717, 1.165) is 38.5 Å². The van der Waals surface area contributed by atoms with Crippen LogP contribution in [0.4, 0.5) is 0 Å². The third-order valence-corrected chi connectivity index (χ3v) is 12.0. The standard InChI is InChI=1S/3C18H36O2.Y/c3*1-2-3-4-5-6-7-8-9-10-11-12-13-14-15-16-17-18(19)20;/h3*2-17H2,1H3,(H,19,20);. The number of rotatable bonds is 48. The Morgan fingerprint density at radius 1 is 0.213 bits per heavy atom. The molecule has 0 aromatic rings. The van der Waals surface area contributed by atoms with Gasteiger partial charge in [0, 0.05) is 52.0 Å². The third-order valence-electron chi connectivity index (χ3n) is 12.0. The predicted molar refractivity (Wildman–Crippen MR) is 262 cm³/mol. The molecule has 3 N–H and O–H groups in total. The maximum atomic E-state index is 10.3. The molecule has 0 aliphatic rings. The first-order valence-corrected chi connectivity index (χ1v) is 27.0. The predicted octanol–water partition coefficient (Wildman–Crippen LogP) is 19.0. The van der Waals surface area contributed by atoms with E-state index >= 15 is 0 Å². The molecular formula is C54H108O6Y. The molecule has 0 aromatic heterocycles. The van der Waals surface area contributed by atoms with E-state index < -0.39 is 17.9 Å². The Morgan fingerprint density at radius 3 is 0.410 bits per heavy atom. The molecule has 0 atom stereocenters. The van der Waals surface area contributed by atoms with E-state index in [-0.39, 0.29) is 32.7 Å². The van der Waals surface area contributed by atoms with E-state index in [9.17, 15) is 14.4 Å². The maximum absolute atomic E-state index is 10.3. The molecule has 0 unspecified atom stereocenters. The smallest absolute Gasteiger partial charge is 0.303 e. The van der Waals surface area contributed by atoms with Gasteiger partial charge in [-0.05, 0) is 19.3 Å². The summed E-state index contributed by atoms with van der Waals surface area (Å²) < 4.78 is 0. The first-order valence-electron chi connectivity index (χ1n) is 27.0. The third kappa shape index (κ3) is 77.2. The molecule has 6 nitrogen and oxygen atoms in total. The van der Waals surface area contributed by atoms with Gasteiger partial charge >= 0.3 is 17.9 Å². The molecule has 0 amide bonds. The summed E-state index contributed by atoms with van der Waals surface area (Å²) in [4.78, 5) is 31.0. The normalized spacial score (nSPS) is 10.7. The van der Waals surface area contributed by atoms with Crippen LogP contribution in [0.5, 0.6) is 0 Å². The molecule has 363 valence electrons. The van der Waals surface area contributed by atoms with Crippen LogP contribution in [0.3, 0.4) is 0 Å². The second-order valence-electron chi connectivity index (χ2n) is 18.3. The summed E-state index contributed by atoms with van der Waals surface area (Å²) in [7, 11) is 0. The van der Waals surface area contributed by atoms with E-state index in [1.165, 1.54) is 250 Å². The van der Waals surface area contributed by atoms with Crippen molar-refractivity contribution in [2.75, 3.05) is 0 Å². The van der Waals surface area contributed by atoms with Gasteiger partial charge in [0.2, 0.25) is 0 Å². The Bertz CT molecular complexity index is 717. The van der Waals surface area contributed by atoms with Crippen molar-refractivity contribution in [1.29, 1.82) is 0 Å². The molecule has 0 aliphatic carbocycles. The number of carboxylic acids is 3. The molecule has 61 heavy (non-hydrogen) atoms. The van der Waals surface area contributed by atoms with Crippen molar-refractivity contribution in [3.05, 3.63) is 0 Å². The van der Waals surface area contributed by atoms with Crippen molar-refractivity contribution in [1.82, 2.24) is 0 Å². The fraction of sp³-hybridized carbons (Fsp3) is 0.944. The molecule has 0 heterocycles. The van der Waals surface area contributed by atoms with Crippen molar-refractivity contribution in [3.8, 4) is 0 Å². The molecule has 1 radical (unpaired) electrons. The van der Waals surface area contributed by atoms with Crippen molar-refractivity contribution >= 4 is 17.9 Å². The molecule has 0 rings (SSSR count). The van der Waals surface area contributed by atoms with Crippen LogP contribution in [0.25, 0.3) is 0 Å². The van der Waals surface area contributed by atoms with Gasteiger partial charge in [-0.3, -0.25) is 14.4 Å². The number of carboxylic acid groups (broad SMARTS) is 3. The number of hydrogen-bond donors (Lipinski definition) is 3. The fourth-order valence-electron chi connectivity index (χ4n) is 7.94. The molecule has 7 heteroatoms. The van der Waals surface area contributed by atoms with Crippen LogP contribution in [0.1, 0.15) is 329 Å². The van der Waals surface area contributed by atoms with Crippen LogP contribution >= 0.6 is 0 Å². The number of unbranched alkanes of at least 4 members (excludes halogenated alkanes) is 42. The van der Waals surface area contributed by atoms with Crippen LogP contribution in [0.2, 0.25) is 0 Å². The molecular weight excluding hydrogens is 833 g/mol. The zero-order valence-corrected chi connectivity index (χ0v) is 44.4. The first kappa shape index (κ1) is 67.1. The quantitative estimate of drug-likeness (QED) is 0.0524. The minimum absolute atomic E-state index is 0. The molecule has 0 fully saturated rings. The summed E-state index contributed by atoms with van der Waals surface area (Å²) in [6.07, 6.45) is 60.6. The van der Waals surface area contributed by atoms with Crippen LogP contribution in [-0.2, 0) is 47.1 Å². The average molecular weight is 942 g/mol. The van der Waals surface area contributed by atoms with Crippen LogP contribution in [0, 0.1) is 0 Å². The number of carbonyl (C=O) groups is 3. The monoisotopic (exact) mass is 942 g/mol. The summed E-state index contributed by atoms with van der Waals surface area (Å²) >= 11 is 0. The van der Waals surface area contributed by atoms with Crippen molar-refractivity contribution in [2.24, 2.45) is 0 Å². The van der Waals surface area contributed by atoms with Gasteiger partial charge in [-0.2, -0.15) is 0 Å². The summed E-state index contributed by atoms with van der Waals surface area (Å²) in [6.45, 7) is 6.81. The summed E-state index contributed by atoms with van der Waals surface area (Å²) in [5.41, 5.74) is 0.